The number of carboxylic acids is 1. The second-order valence-corrected chi connectivity index (χ2v) is 12.4. The average molecular weight is 354 g/mol. The van der Waals surface area contributed by atoms with Gasteiger partial charge in [-0.3, -0.25) is 4.79 Å². The van der Waals surface area contributed by atoms with Gasteiger partial charge in [0.2, 0.25) is 5.91 Å². The molecule has 6 heteroatoms. The SMILES string of the molecule is CC(=O)N[C@@H](CSCCCC[Si](C)(C)c1ccccc1)C(=O)O. The fourth-order valence-corrected chi connectivity index (χ4v) is 5.98. The van der Waals surface area contributed by atoms with Crippen LogP contribution in [-0.4, -0.2) is 42.6 Å². The maximum atomic E-state index is 11.0. The molecule has 0 radical (unpaired) electrons. The first-order valence-electron chi connectivity index (χ1n) is 7.96. The van der Waals surface area contributed by atoms with E-state index in [4.69, 9.17) is 5.11 Å². The van der Waals surface area contributed by atoms with E-state index in [1.807, 2.05) is 0 Å². The van der Waals surface area contributed by atoms with Crippen molar-refractivity contribution < 1.29 is 14.7 Å². The van der Waals surface area contributed by atoms with E-state index in [9.17, 15) is 9.59 Å². The van der Waals surface area contributed by atoms with Gasteiger partial charge in [-0.05, 0) is 12.2 Å². The monoisotopic (exact) mass is 353 g/mol. The van der Waals surface area contributed by atoms with Gasteiger partial charge in [0.05, 0.1) is 8.07 Å². The van der Waals surface area contributed by atoms with Crippen LogP contribution < -0.4 is 10.5 Å². The number of benzene rings is 1. The zero-order valence-corrected chi connectivity index (χ0v) is 16.0. The summed E-state index contributed by atoms with van der Waals surface area (Å²) in [5, 5.41) is 13.0. The van der Waals surface area contributed by atoms with Crippen molar-refractivity contribution in [3.05, 3.63) is 30.3 Å². The third-order valence-electron chi connectivity index (χ3n) is 3.86. The van der Waals surface area contributed by atoms with Crippen LogP contribution in [0.4, 0.5) is 0 Å². The Labute approximate surface area is 144 Å². The molecule has 4 nitrogen and oxygen atoms in total. The lowest BCUT2D eigenvalue weighted by Gasteiger charge is -2.22. The molecule has 2 N–H and O–H groups in total. The summed E-state index contributed by atoms with van der Waals surface area (Å²) in [6, 6.07) is 11.2. The van der Waals surface area contributed by atoms with E-state index in [2.05, 4.69) is 48.7 Å². The second-order valence-electron chi connectivity index (χ2n) is 6.37. The zero-order chi connectivity index (χ0) is 17.3. The molecule has 128 valence electrons. The topological polar surface area (TPSA) is 66.4 Å². The summed E-state index contributed by atoms with van der Waals surface area (Å²) in [6.07, 6.45) is 2.25. The van der Waals surface area contributed by atoms with E-state index in [-0.39, 0.29) is 5.91 Å². The van der Waals surface area contributed by atoms with Gasteiger partial charge in [0.15, 0.2) is 0 Å². The number of unbranched alkanes of at least 4 members (excludes halogenated alkanes) is 1. The Bertz CT molecular complexity index is 508. The Morgan fingerprint density at radius 1 is 1.22 bits per heavy atom. The molecule has 1 atom stereocenters. The highest BCUT2D eigenvalue weighted by Gasteiger charge is 2.22. The predicted octanol–water partition coefficient (Wildman–Crippen LogP) is 2.70. The summed E-state index contributed by atoms with van der Waals surface area (Å²) in [4.78, 5) is 22.0. The summed E-state index contributed by atoms with van der Waals surface area (Å²) in [7, 11) is -1.36. The van der Waals surface area contributed by atoms with E-state index < -0.39 is 20.1 Å². The van der Waals surface area contributed by atoms with E-state index >= 15 is 0 Å². The number of rotatable bonds is 10. The van der Waals surface area contributed by atoms with Crippen LogP contribution in [0, 0.1) is 0 Å². The highest BCUT2D eigenvalue weighted by Crippen LogP contribution is 2.16. The molecule has 0 heterocycles. The molecule has 23 heavy (non-hydrogen) atoms. The fourth-order valence-electron chi connectivity index (χ4n) is 2.43. The summed E-state index contributed by atoms with van der Waals surface area (Å²) < 4.78 is 0. The number of aliphatic carboxylic acids is 1. The maximum Gasteiger partial charge on any atom is 0.327 e. The van der Waals surface area contributed by atoms with Crippen molar-refractivity contribution in [2.24, 2.45) is 0 Å². The van der Waals surface area contributed by atoms with Gasteiger partial charge >= 0.3 is 5.97 Å². The molecule has 0 aliphatic carbocycles. The first-order valence-corrected chi connectivity index (χ1v) is 12.3. The van der Waals surface area contributed by atoms with Gasteiger partial charge in [0, 0.05) is 12.7 Å². The highest BCUT2D eigenvalue weighted by molar-refractivity contribution is 7.99. The number of carbonyl (C=O) groups is 2. The molecular weight excluding hydrogens is 326 g/mol. The van der Waals surface area contributed by atoms with Gasteiger partial charge in [0.25, 0.3) is 0 Å². The van der Waals surface area contributed by atoms with Gasteiger partial charge in [-0.25, -0.2) is 4.79 Å². The minimum absolute atomic E-state index is 0.298. The number of hydrogen-bond acceptors (Lipinski definition) is 3. The van der Waals surface area contributed by atoms with Crippen LogP contribution in [0.25, 0.3) is 0 Å². The van der Waals surface area contributed by atoms with Crippen molar-refractivity contribution >= 4 is 36.9 Å². The van der Waals surface area contributed by atoms with E-state index in [1.54, 1.807) is 11.8 Å². The molecule has 0 aliphatic rings. The third kappa shape index (κ3) is 7.70. The highest BCUT2D eigenvalue weighted by atomic mass is 32.2. The summed E-state index contributed by atoms with van der Waals surface area (Å²) in [6.45, 7) is 6.14. The van der Waals surface area contributed by atoms with Crippen LogP contribution in [0.5, 0.6) is 0 Å². The predicted molar refractivity (Wildman–Crippen MR) is 100 cm³/mol. The van der Waals surface area contributed by atoms with Crippen LogP contribution in [0.15, 0.2) is 30.3 Å². The largest absolute Gasteiger partial charge is 0.480 e. The molecule has 0 aromatic heterocycles. The van der Waals surface area contributed by atoms with Crippen LogP contribution in [0.3, 0.4) is 0 Å². The molecular formula is C17H27NO3SSi. The lowest BCUT2D eigenvalue weighted by Crippen LogP contribution is -2.41. The van der Waals surface area contributed by atoms with Gasteiger partial charge < -0.3 is 10.4 Å². The summed E-state index contributed by atoms with van der Waals surface area (Å²) in [5.41, 5.74) is 0. The Kier molecular flexibility index (Phi) is 8.40. The molecule has 0 aliphatic heterocycles. The second kappa shape index (κ2) is 9.77. The molecule has 0 saturated carbocycles. The minimum Gasteiger partial charge on any atom is -0.480 e. The molecule has 0 unspecified atom stereocenters. The number of hydrogen-bond donors (Lipinski definition) is 2. The van der Waals surface area contributed by atoms with E-state index in [1.165, 1.54) is 24.6 Å². The number of thioether (sulfide) groups is 1. The number of nitrogens with one attached hydrogen (secondary N) is 1. The maximum absolute atomic E-state index is 11.0. The van der Waals surface area contributed by atoms with Gasteiger partial charge in [-0.15, -0.1) is 0 Å². The van der Waals surface area contributed by atoms with Crippen molar-refractivity contribution in [3.63, 3.8) is 0 Å². The average Bonchev–Trinajstić information content (AvgIpc) is 2.49. The normalized spacial score (nSPS) is 12.7. The third-order valence-corrected chi connectivity index (χ3v) is 8.50. The molecule has 1 aromatic carbocycles. The molecule has 0 spiro atoms. The molecule has 1 amide bonds. The van der Waals surface area contributed by atoms with Crippen molar-refractivity contribution in [3.8, 4) is 0 Å². The summed E-state index contributed by atoms with van der Waals surface area (Å²) >= 11 is 1.60. The molecule has 0 fully saturated rings. The van der Waals surface area contributed by atoms with Crippen LogP contribution in [-0.2, 0) is 9.59 Å². The number of carbonyl (C=O) groups excluding carboxylic acids is 1. The standard InChI is InChI=1S/C17H27NO3SSi/c1-14(19)18-16(17(20)21)13-22-11-7-8-12-23(2,3)15-9-5-4-6-10-15/h4-6,9-10,16H,7-8,11-13H2,1-3H3,(H,18,19)(H,20,21)/t16-/m0/s1. The van der Waals surface area contributed by atoms with Crippen molar-refractivity contribution in [1.82, 2.24) is 5.32 Å². The Morgan fingerprint density at radius 2 is 1.87 bits per heavy atom. The number of carboxylic acid groups (broad SMARTS) is 1. The number of amides is 1. The Morgan fingerprint density at radius 3 is 2.43 bits per heavy atom. The molecule has 0 saturated heterocycles. The lowest BCUT2D eigenvalue weighted by molar-refractivity contribution is -0.140. The van der Waals surface area contributed by atoms with Gasteiger partial charge in [-0.2, -0.15) is 11.8 Å². The summed E-state index contributed by atoms with van der Waals surface area (Å²) in [5.74, 6) is 0.0933. The van der Waals surface area contributed by atoms with Gasteiger partial charge in [0.1, 0.15) is 6.04 Å². The molecule has 1 aromatic rings. The Hall–Kier alpha value is -1.27. The Balaban J connectivity index is 2.24. The lowest BCUT2D eigenvalue weighted by atomic mass is 10.3. The van der Waals surface area contributed by atoms with Crippen LogP contribution >= 0.6 is 11.8 Å². The van der Waals surface area contributed by atoms with Crippen LogP contribution in [0.1, 0.15) is 19.8 Å². The van der Waals surface area contributed by atoms with Gasteiger partial charge in [-0.1, -0.05) is 61.1 Å². The van der Waals surface area contributed by atoms with Crippen molar-refractivity contribution in [2.75, 3.05) is 11.5 Å². The zero-order valence-electron chi connectivity index (χ0n) is 14.2. The molecule has 1 rings (SSSR count). The quantitative estimate of drug-likeness (QED) is 0.501. The van der Waals surface area contributed by atoms with E-state index in [0.29, 0.717) is 5.75 Å². The van der Waals surface area contributed by atoms with E-state index in [0.717, 1.165) is 12.2 Å². The van der Waals surface area contributed by atoms with Crippen molar-refractivity contribution in [2.45, 2.75) is 44.9 Å². The first kappa shape index (κ1) is 19.8. The first-order chi connectivity index (χ1) is 10.8. The van der Waals surface area contributed by atoms with Crippen LogP contribution in [0.2, 0.25) is 19.1 Å². The fraction of sp³-hybridized carbons (Fsp3) is 0.529. The van der Waals surface area contributed by atoms with Crippen molar-refractivity contribution in [1.29, 1.82) is 0 Å². The smallest absolute Gasteiger partial charge is 0.327 e. The molecule has 0 bridgehead atoms. The minimum atomic E-state index is -1.36.